The summed E-state index contributed by atoms with van der Waals surface area (Å²) in [6, 6.07) is 9.39. The number of carbonyl (C=O) groups excluding carboxylic acids is 1. The molecule has 3 nitrogen and oxygen atoms in total. The van der Waals surface area contributed by atoms with Gasteiger partial charge in [-0.3, -0.25) is 14.8 Å². The van der Waals surface area contributed by atoms with Crippen LogP contribution in [0.3, 0.4) is 0 Å². The SMILES string of the molecule is O=C(Cc1cccs1)c1ccc2nccnc2c1. The van der Waals surface area contributed by atoms with Gasteiger partial charge in [0, 0.05) is 29.3 Å². The highest BCUT2D eigenvalue weighted by Crippen LogP contribution is 2.15. The summed E-state index contributed by atoms with van der Waals surface area (Å²) in [4.78, 5) is 21.6. The molecule has 0 aliphatic rings. The molecule has 4 heteroatoms. The minimum Gasteiger partial charge on any atom is -0.294 e. The molecule has 0 amide bonds. The molecule has 0 bridgehead atoms. The molecule has 2 heterocycles. The van der Waals surface area contributed by atoms with E-state index in [0.717, 1.165) is 15.9 Å². The first kappa shape index (κ1) is 11.0. The molecule has 3 rings (SSSR count). The van der Waals surface area contributed by atoms with Crippen LogP contribution in [0.4, 0.5) is 0 Å². The minimum atomic E-state index is 0.116. The number of fused-ring (bicyclic) bond motifs is 1. The van der Waals surface area contributed by atoms with E-state index in [1.165, 1.54) is 0 Å². The third-order valence-corrected chi connectivity index (χ3v) is 3.58. The summed E-state index contributed by atoms with van der Waals surface area (Å²) in [5, 5.41) is 1.98. The normalized spacial score (nSPS) is 10.7. The molecular formula is C14H10N2OS. The van der Waals surface area contributed by atoms with Gasteiger partial charge in [0.25, 0.3) is 0 Å². The van der Waals surface area contributed by atoms with Gasteiger partial charge in [0.2, 0.25) is 0 Å². The van der Waals surface area contributed by atoms with Gasteiger partial charge in [-0.2, -0.15) is 0 Å². The first-order valence-electron chi connectivity index (χ1n) is 5.59. The number of carbonyl (C=O) groups is 1. The second-order valence-corrected chi connectivity index (χ2v) is 4.97. The standard InChI is InChI=1S/C14H10N2OS/c17-14(9-11-2-1-7-18-11)10-3-4-12-13(8-10)16-6-5-15-12/h1-8H,9H2. The Kier molecular flexibility index (Phi) is 2.86. The van der Waals surface area contributed by atoms with E-state index in [1.54, 1.807) is 29.8 Å². The number of ketones is 1. The zero-order valence-electron chi connectivity index (χ0n) is 9.54. The maximum Gasteiger partial charge on any atom is 0.168 e. The fourth-order valence-corrected chi connectivity index (χ4v) is 2.51. The fourth-order valence-electron chi connectivity index (χ4n) is 1.81. The van der Waals surface area contributed by atoms with Gasteiger partial charge in [0.15, 0.2) is 5.78 Å². The first-order chi connectivity index (χ1) is 8.83. The molecule has 0 aliphatic carbocycles. The summed E-state index contributed by atoms with van der Waals surface area (Å²) >= 11 is 1.60. The van der Waals surface area contributed by atoms with Gasteiger partial charge in [-0.05, 0) is 29.6 Å². The first-order valence-corrected chi connectivity index (χ1v) is 6.47. The van der Waals surface area contributed by atoms with E-state index in [4.69, 9.17) is 0 Å². The summed E-state index contributed by atoms with van der Waals surface area (Å²) in [6.07, 6.45) is 3.73. The molecule has 0 fully saturated rings. The maximum absolute atomic E-state index is 12.1. The predicted molar refractivity (Wildman–Crippen MR) is 71.9 cm³/mol. The smallest absolute Gasteiger partial charge is 0.168 e. The Bertz CT molecular complexity index is 692. The minimum absolute atomic E-state index is 0.116. The van der Waals surface area contributed by atoms with Crippen molar-refractivity contribution in [2.24, 2.45) is 0 Å². The van der Waals surface area contributed by atoms with Gasteiger partial charge in [-0.1, -0.05) is 6.07 Å². The van der Waals surface area contributed by atoms with Crippen molar-refractivity contribution in [2.75, 3.05) is 0 Å². The number of aromatic nitrogens is 2. The summed E-state index contributed by atoms with van der Waals surface area (Å²) in [6.45, 7) is 0. The van der Waals surface area contributed by atoms with Crippen LogP contribution in [0.15, 0.2) is 48.1 Å². The lowest BCUT2D eigenvalue weighted by Crippen LogP contribution is -2.02. The molecular weight excluding hydrogens is 244 g/mol. The third-order valence-electron chi connectivity index (χ3n) is 2.71. The molecule has 2 aromatic heterocycles. The van der Waals surface area contributed by atoms with Crippen molar-refractivity contribution >= 4 is 28.2 Å². The number of benzene rings is 1. The molecule has 1 aromatic carbocycles. The molecule has 0 spiro atoms. The Hall–Kier alpha value is -2.07. The van der Waals surface area contributed by atoms with E-state index in [2.05, 4.69) is 9.97 Å². The van der Waals surface area contributed by atoms with Gasteiger partial charge in [-0.25, -0.2) is 0 Å². The topological polar surface area (TPSA) is 42.9 Å². The molecule has 0 saturated carbocycles. The van der Waals surface area contributed by atoms with Crippen LogP contribution < -0.4 is 0 Å². The van der Waals surface area contributed by atoms with E-state index in [-0.39, 0.29) is 5.78 Å². The van der Waals surface area contributed by atoms with Crippen molar-refractivity contribution in [2.45, 2.75) is 6.42 Å². The second kappa shape index (κ2) is 4.66. The Morgan fingerprint density at radius 1 is 1.11 bits per heavy atom. The molecule has 0 unspecified atom stereocenters. The van der Waals surface area contributed by atoms with Crippen LogP contribution in [-0.4, -0.2) is 15.8 Å². The molecule has 3 aromatic rings. The van der Waals surface area contributed by atoms with Crippen molar-refractivity contribution in [1.82, 2.24) is 9.97 Å². The zero-order chi connectivity index (χ0) is 12.4. The highest BCUT2D eigenvalue weighted by atomic mass is 32.1. The number of nitrogens with zero attached hydrogens (tertiary/aromatic N) is 2. The Morgan fingerprint density at radius 2 is 1.94 bits per heavy atom. The molecule has 18 heavy (non-hydrogen) atoms. The van der Waals surface area contributed by atoms with Gasteiger partial charge in [0.1, 0.15) is 0 Å². The van der Waals surface area contributed by atoms with Crippen molar-refractivity contribution in [3.8, 4) is 0 Å². The van der Waals surface area contributed by atoms with Crippen LogP contribution in [0.2, 0.25) is 0 Å². The lowest BCUT2D eigenvalue weighted by molar-refractivity contribution is 0.0994. The Labute approximate surface area is 108 Å². The lowest BCUT2D eigenvalue weighted by atomic mass is 10.1. The monoisotopic (exact) mass is 254 g/mol. The van der Waals surface area contributed by atoms with E-state index < -0.39 is 0 Å². The van der Waals surface area contributed by atoms with Crippen LogP contribution in [0.5, 0.6) is 0 Å². The molecule has 0 saturated heterocycles. The maximum atomic E-state index is 12.1. The van der Waals surface area contributed by atoms with Crippen LogP contribution in [0.1, 0.15) is 15.2 Å². The van der Waals surface area contributed by atoms with E-state index in [9.17, 15) is 4.79 Å². The molecule has 0 aliphatic heterocycles. The molecule has 0 N–H and O–H groups in total. The summed E-state index contributed by atoms with van der Waals surface area (Å²) < 4.78 is 0. The Morgan fingerprint density at radius 3 is 2.72 bits per heavy atom. The summed E-state index contributed by atoms with van der Waals surface area (Å²) in [7, 11) is 0. The van der Waals surface area contributed by atoms with Gasteiger partial charge < -0.3 is 0 Å². The largest absolute Gasteiger partial charge is 0.294 e. The van der Waals surface area contributed by atoms with Gasteiger partial charge in [0.05, 0.1) is 11.0 Å². The number of Topliss-reactive ketones (excluding diaryl/α,β-unsaturated/α-hetero) is 1. The molecule has 88 valence electrons. The van der Waals surface area contributed by atoms with Crippen molar-refractivity contribution in [1.29, 1.82) is 0 Å². The second-order valence-electron chi connectivity index (χ2n) is 3.94. The van der Waals surface area contributed by atoms with Gasteiger partial charge in [-0.15, -0.1) is 11.3 Å². The van der Waals surface area contributed by atoms with E-state index in [1.807, 2.05) is 29.6 Å². The van der Waals surface area contributed by atoms with Crippen molar-refractivity contribution < 1.29 is 4.79 Å². The number of hydrogen-bond donors (Lipinski definition) is 0. The number of hydrogen-bond acceptors (Lipinski definition) is 4. The fraction of sp³-hybridized carbons (Fsp3) is 0.0714. The van der Waals surface area contributed by atoms with Crippen LogP contribution in [-0.2, 0) is 6.42 Å². The van der Waals surface area contributed by atoms with Crippen LogP contribution in [0, 0.1) is 0 Å². The van der Waals surface area contributed by atoms with Crippen molar-refractivity contribution in [3.05, 3.63) is 58.5 Å². The molecule has 0 atom stereocenters. The highest BCUT2D eigenvalue weighted by molar-refractivity contribution is 7.10. The van der Waals surface area contributed by atoms with E-state index in [0.29, 0.717) is 12.0 Å². The average molecular weight is 254 g/mol. The average Bonchev–Trinajstić information content (AvgIpc) is 2.91. The lowest BCUT2D eigenvalue weighted by Gasteiger charge is -2.01. The summed E-state index contributed by atoms with van der Waals surface area (Å²) in [5.74, 6) is 0.116. The predicted octanol–water partition coefficient (Wildman–Crippen LogP) is 3.12. The van der Waals surface area contributed by atoms with Crippen molar-refractivity contribution in [3.63, 3.8) is 0 Å². The highest BCUT2D eigenvalue weighted by Gasteiger charge is 2.09. The quantitative estimate of drug-likeness (QED) is 0.674. The third kappa shape index (κ3) is 2.15. The van der Waals surface area contributed by atoms with Gasteiger partial charge >= 0.3 is 0 Å². The molecule has 0 radical (unpaired) electrons. The van der Waals surface area contributed by atoms with E-state index >= 15 is 0 Å². The number of rotatable bonds is 3. The van der Waals surface area contributed by atoms with Crippen LogP contribution in [0.25, 0.3) is 11.0 Å². The zero-order valence-corrected chi connectivity index (χ0v) is 10.4. The Balaban J connectivity index is 1.92. The summed E-state index contributed by atoms with van der Waals surface area (Å²) in [5.41, 5.74) is 2.26. The van der Waals surface area contributed by atoms with Crippen LogP contribution >= 0.6 is 11.3 Å². The number of thiophene rings is 1.